The number of imidazole rings is 1. The van der Waals surface area contributed by atoms with Gasteiger partial charge >= 0.3 is 0 Å². The van der Waals surface area contributed by atoms with Crippen LogP contribution < -0.4 is 0 Å². The van der Waals surface area contributed by atoms with E-state index in [1.807, 2.05) is 0 Å². The van der Waals surface area contributed by atoms with E-state index in [2.05, 4.69) is 20.2 Å². The minimum absolute atomic E-state index is 0.00785. The Morgan fingerprint density at radius 3 is 2.60 bits per heavy atom. The highest BCUT2D eigenvalue weighted by molar-refractivity contribution is 5.65. The Hall–Kier alpha value is -4.14. The summed E-state index contributed by atoms with van der Waals surface area (Å²) in [5.74, 6) is -1.12. The molecule has 148 valence electrons. The zero-order valence-corrected chi connectivity index (χ0v) is 15.3. The highest BCUT2D eigenvalue weighted by atomic mass is 19.2. The van der Waals surface area contributed by atoms with E-state index in [1.54, 1.807) is 41.2 Å². The van der Waals surface area contributed by atoms with Gasteiger partial charge in [0.15, 0.2) is 23.2 Å². The summed E-state index contributed by atoms with van der Waals surface area (Å²) in [6, 6.07) is 12.3. The van der Waals surface area contributed by atoms with Crippen LogP contribution >= 0.6 is 0 Å². The van der Waals surface area contributed by atoms with Crippen molar-refractivity contribution >= 4 is 0 Å². The monoisotopic (exact) mass is 405 g/mol. The number of benzene rings is 2. The lowest BCUT2D eigenvalue weighted by Gasteiger charge is -2.03. The number of nitrogens with zero attached hydrogens (tertiary/aromatic N) is 5. The van der Waals surface area contributed by atoms with Crippen LogP contribution in [-0.2, 0) is 6.54 Å². The van der Waals surface area contributed by atoms with Crippen molar-refractivity contribution in [2.75, 3.05) is 0 Å². The SMILES string of the molecule is Oc1ccc(-c2cc(Cn3cc4nc(-c5cccc(F)c5F)nc-4cn3)on2)cc1. The molecule has 3 aromatic rings. The third kappa shape index (κ3) is 3.26. The Morgan fingerprint density at radius 1 is 0.967 bits per heavy atom. The molecule has 0 atom stereocenters. The summed E-state index contributed by atoms with van der Waals surface area (Å²) < 4.78 is 34.5. The maximum atomic E-state index is 14.0. The van der Waals surface area contributed by atoms with Crippen molar-refractivity contribution in [3.8, 4) is 39.8 Å². The average Bonchev–Trinajstić information content (AvgIpc) is 3.37. The predicted molar refractivity (Wildman–Crippen MR) is 102 cm³/mol. The van der Waals surface area contributed by atoms with Crippen LogP contribution in [0.25, 0.3) is 34.0 Å². The molecule has 0 bridgehead atoms. The molecule has 3 heterocycles. The van der Waals surface area contributed by atoms with Crippen LogP contribution in [-0.4, -0.2) is 30.0 Å². The van der Waals surface area contributed by atoms with Crippen molar-refractivity contribution < 1.29 is 18.4 Å². The Morgan fingerprint density at radius 2 is 1.77 bits per heavy atom. The first kappa shape index (κ1) is 17.9. The van der Waals surface area contributed by atoms with E-state index in [9.17, 15) is 13.9 Å². The number of hydrogen-bond donors (Lipinski definition) is 1. The molecule has 30 heavy (non-hydrogen) atoms. The summed E-state index contributed by atoms with van der Waals surface area (Å²) in [5, 5.41) is 17.7. The van der Waals surface area contributed by atoms with Crippen molar-refractivity contribution in [1.29, 1.82) is 0 Å². The number of aromatic nitrogens is 5. The molecule has 9 heteroatoms. The predicted octanol–water partition coefficient (Wildman–Crippen LogP) is 4.13. The van der Waals surface area contributed by atoms with Crippen LogP contribution in [0, 0.1) is 11.6 Å². The number of phenols is 1. The van der Waals surface area contributed by atoms with Gasteiger partial charge in [-0.1, -0.05) is 11.2 Å². The molecule has 0 radical (unpaired) electrons. The van der Waals surface area contributed by atoms with E-state index in [1.165, 1.54) is 18.3 Å². The largest absolute Gasteiger partial charge is 0.508 e. The van der Waals surface area contributed by atoms with Gasteiger partial charge in [0.1, 0.15) is 29.4 Å². The van der Waals surface area contributed by atoms with Gasteiger partial charge in [-0.15, -0.1) is 0 Å². The lowest BCUT2D eigenvalue weighted by atomic mass is 10.1. The molecule has 1 N–H and O–H groups in total. The molecule has 0 aliphatic carbocycles. The lowest BCUT2D eigenvalue weighted by Crippen LogP contribution is -2.04. The van der Waals surface area contributed by atoms with Crippen LogP contribution in [0.1, 0.15) is 5.76 Å². The van der Waals surface area contributed by atoms with E-state index in [4.69, 9.17) is 4.52 Å². The molecule has 0 unspecified atom stereocenters. The first-order chi connectivity index (χ1) is 14.6. The lowest BCUT2D eigenvalue weighted by molar-refractivity contribution is 0.372. The van der Waals surface area contributed by atoms with Gasteiger partial charge in [-0.2, -0.15) is 5.10 Å². The second kappa shape index (κ2) is 7.03. The second-order valence-electron chi connectivity index (χ2n) is 6.62. The van der Waals surface area contributed by atoms with Gasteiger partial charge in [0.25, 0.3) is 0 Å². The molecule has 0 fully saturated rings. The molecule has 2 aromatic carbocycles. The fraction of sp³-hybridized carbons (Fsp3) is 0.0476. The van der Waals surface area contributed by atoms with E-state index in [0.717, 1.165) is 11.6 Å². The highest BCUT2D eigenvalue weighted by Crippen LogP contribution is 2.27. The average molecular weight is 405 g/mol. The quantitative estimate of drug-likeness (QED) is 0.484. The maximum absolute atomic E-state index is 14.0. The summed E-state index contributed by atoms with van der Waals surface area (Å²) in [4.78, 5) is 8.53. The number of halogens is 2. The zero-order valence-electron chi connectivity index (χ0n) is 15.3. The van der Waals surface area contributed by atoms with Gasteiger partial charge in [0, 0.05) is 11.6 Å². The van der Waals surface area contributed by atoms with Crippen LogP contribution in [0.3, 0.4) is 0 Å². The van der Waals surface area contributed by atoms with E-state index in [0.29, 0.717) is 22.8 Å². The normalized spacial score (nSPS) is 11.3. The first-order valence-corrected chi connectivity index (χ1v) is 8.96. The van der Waals surface area contributed by atoms with Crippen molar-refractivity contribution in [2.24, 2.45) is 0 Å². The van der Waals surface area contributed by atoms with Crippen molar-refractivity contribution in [3.05, 3.63) is 78.3 Å². The minimum atomic E-state index is -0.989. The number of phenolic OH excluding ortho intramolecular Hbond substituents is 1. The van der Waals surface area contributed by atoms with Gasteiger partial charge in [0.05, 0.1) is 18.0 Å². The fourth-order valence-electron chi connectivity index (χ4n) is 3.06. The summed E-state index contributed by atoms with van der Waals surface area (Å²) in [5.41, 5.74) is 2.38. The Balaban J connectivity index is 1.42. The summed E-state index contributed by atoms with van der Waals surface area (Å²) in [6.07, 6.45) is 3.14. The van der Waals surface area contributed by atoms with Gasteiger partial charge in [0.2, 0.25) is 0 Å². The maximum Gasteiger partial charge on any atom is 0.169 e. The Kier molecular flexibility index (Phi) is 4.20. The van der Waals surface area contributed by atoms with Crippen LogP contribution in [0.2, 0.25) is 0 Å². The van der Waals surface area contributed by atoms with Crippen molar-refractivity contribution in [1.82, 2.24) is 24.9 Å². The van der Waals surface area contributed by atoms with Crippen LogP contribution in [0.5, 0.6) is 5.75 Å². The van der Waals surface area contributed by atoms with Gasteiger partial charge in [-0.25, -0.2) is 18.7 Å². The third-order valence-corrected chi connectivity index (χ3v) is 4.55. The highest BCUT2D eigenvalue weighted by Gasteiger charge is 2.18. The molecular formula is C21H13F2N5O2. The molecule has 0 saturated heterocycles. The summed E-state index contributed by atoms with van der Waals surface area (Å²) in [6.45, 7) is 0.289. The number of aromatic hydroxyl groups is 1. The van der Waals surface area contributed by atoms with Crippen LogP contribution in [0.15, 0.2) is 65.4 Å². The van der Waals surface area contributed by atoms with Crippen molar-refractivity contribution in [2.45, 2.75) is 6.54 Å². The smallest absolute Gasteiger partial charge is 0.169 e. The minimum Gasteiger partial charge on any atom is -0.508 e. The number of hydrogen-bond acceptors (Lipinski definition) is 6. The van der Waals surface area contributed by atoms with Gasteiger partial charge in [-0.3, -0.25) is 4.68 Å². The Bertz CT molecular complexity index is 1310. The molecule has 0 saturated carbocycles. The van der Waals surface area contributed by atoms with E-state index >= 15 is 0 Å². The summed E-state index contributed by atoms with van der Waals surface area (Å²) >= 11 is 0. The molecule has 5 rings (SSSR count). The topological polar surface area (TPSA) is 89.9 Å². The molecule has 7 nitrogen and oxygen atoms in total. The number of fused-ring (bicyclic) bond motifs is 1. The molecule has 2 aliphatic heterocycles. The second-order valence-corrected chi connectivity index (χ2v) is 6.62. The van der Waals surface area contributed by atoms with Crippen molar-refractivity contribution in [3.63, 3.8) is 0 Å². The van der Waals surface area contributed by atoms with E-state index < -0.39 is 11.6 Å². The molecule has 0 spiro atoms. The summed E-state index contributed by atoms with van der Waals surface area (Å²) in [7, 11) is 0. The van der Waals surface area contributed by atoms with Crippen LogP contribution in [0.4, 0.5) is 8.78 Å². The fourth-order valence-corrected chi connectivity index (χ4v) is 3.06. The number of rotatable bonds is 4. The van der Waals surface area contributed by atoms with E-state index in [-0.39, 0.29) is 23.7 Å². The first-order valence-electron chi connectivity index (χ1n) is 8.96. The molecular weight excluding hydrogens is 392 g/mol. The zero-order chi connectivity index (χ0) is 20.7. The molecule has 1 aromatic heterocycles. The standard InChI is InChI=1S/C21H13F2N5O2/c22-16-3-1-2-15(20(16)23)21-25-18-9-24-28(11-19(18)26-21)10-14-8-17(27-30-14)12-4-6-13(29)7-5-12/h1-9,11,29H,10H2. The Labute approximate surface area is 168 Å². The third-order valence-electron chi connectivity index (χ3n) is 4.55. The van der Waals surface area contributed by atoms with Gasteiger partial charge in [-0.05, 0) is 36.4 Å². The molecule has 0 amide bonds. The van der Waals surface area contributed by atoms with Gasteiger partial charge < -0.3 is 9.63 Å². The molecule has 2 aliphatic rings.